The molecule has 4 amide bonds. The van der Waals surface area contributed by atoms with Gasteiger partial charge in [-0.15, -0.1) is 0 Å². The van der Waals surface area contributed by atoms with Gasteiger partial charge < -0.3 is 9.47 Å². The van der Waals surface area contributed by atoms with Crippen molar-refractivity contribution in [1.82, 2.24) is 14.7 Å². The number of rotatable bonds is 10. The van der Waals surface area contributed by atoms with Crippen molar-refractivity contribution in [3.05, 3.63) is 0 Å². The van der Waals surface area contributed by atoms with E-state index >= 15 is 0 Å². The van der Waals surface area contributed by atoms with E-state index in [2.05, 4.69) is 0 Å². The Morgan fingerprint density at radius 3 is 1.47 bits per heavy atom. The molecule has 32 heavy (non-hydrogen) atoms. The van der Waals surface area contributed by atoms with Crippen molar-refractivity contribution in [2.45, 2.75) is 63.2 Å². The molecule has 2 fully saturated rings. The standard InChI is InChI=1S/C19H27N3O8S2/c1-10(2)29-14(23)6-12-16(25)21(18(27)31-12)8-20(5)9-22-17(26)13(32-19(22)28)7-15(24)30-11(3)4/h10-13H,6-9H2,1-5H3. The molecule has 0 N–H and O–H groups in total. The lowest BCUT2D eigenvalue weighted by atomic mass is 10.2. The molecule has 0 bridgehead atoms. The van der Waals surface area contributed by atoms with E-state index in [1.54, 1.807) is 27.7 Å². The van der Waals surface area contributed by atoms with Crippen molar-refractivity contribution in [2.24, 2.45) is 0 Å². The van der Waals surface area contributed by atoms with Crippen LogP contribution < -0.4 is 0 Å². The van der Waals surface area contributed by atoms with Gasteiger partial charge >= 0.3 is 11.9 Å². The molecule has 13 heteroatoms. The second kappa shape index (κ2) is 11.1. The average molecular weight is 490 g/mol. The summed E-state index contributed by atoms with van der Waals surface area (Å²) in [5, 5.41) is -2.79. The van der Waals surface area contributed by atoms with Crippen molar-refractivity contribution in [1.29, 1.82) is 0 Å². The quantitative estimate of drug-likeness (QED) is 0.415. The first kappa shape index (κ1) is 26.1. The van der Waals surface area contributed by atoms with Gasteiger partial charge in [0.2, 0.25) is 11.8 Å². The predicted molar refractivity (Wildman–Crippen MR) is 116 cm³/mol. The summed E-state index contributed by atoms with van der Waals surface area (Å²) < 4.78 is 10.0. The van der Waals surface area contributed by atoms with Crippen LogP contribution >= 0.6 is 23.5 Å². The number of amides is 4. The van der Waals surface area contributed by atoms with Crippen LogP contribution in [0.4, 0.5) is 9.59 Å². The van der Waals surface area contributed by atoms with Crippen molar-refractivity contribution >= 4 is 57.8 Å². The maximum Gasteiger partial charge on any atom is 0.307 e. The van der Waals surface area contributed by atoms with Crippen molar-refractivity contribution in [3.8, 4) is 0 Å². The smallest absolute Gasteiger partial charge is 0.307 e. The van der Waals surface area contributed by atoms with E-state index in [1.165, 1.54) is 11.9 Å². The van der Waals surface area contributed by atoms with Crippen molar-refractivity contribution in [2.75, 3.05) is 20.4 Å². The van der Waals surface area contributed by atoms with Crippen LogP contribution in [0.15, 0.2) is 0 Å². The second-order valence-electron chi connectivity index (χ2n) is 7.90. The molecule has 2 rings (SSSR count). The van der Waals surface area contributed by atoms with Gasteiger partial charge in [0.25, 0.3) is 10.5 Å². The molecular weight excluding hydrogens is 462 g/mol. The Morgan fingerprint density at radius 1 is 0.812 bits per heavy atom. The highest BCUT2D eigenvalue weighted by molar-refractivity contribution is 8.15. The van der Waals surface area contributed by atoms with Crippen LogP contribution in [0.3, 0.4) is 0 Å². The Labute approximate surface area is 194 Å². The summed E-state index contributed by atoms with van der Waals surface area (Å²) in [5.74, 6) is -2.20. The molecular formula is C19H27N3O8S2. The molecule has 0 aromatic heterocycles. The SMILES string of the molecule is CC(C)OC(=O)CC1SC(=O)N(CN(C)CN2C(=O)SC(CC(=O)OC(C)C)C2=O)C1=O. The first-order chi connectivity index (χ1) is 14.9. The van der Waals surface area contributed by atoms with Crippen molar-refractivity contribution in [3.63, 3.8) is 0 Å². The summed E-state index contributed by atoms with van der Waals surface area (Å²) in [6.45, 7) is 6.41. The fraction of sp³-hybridized carbons (Fsp3) is 0.684. The topological polar surface area (TPSA) is 131 Å². The monoisotopic (exact) mass is 489 g/mol. The predicted octanol–water partition coefficient (Wildman–Crippen LogP) is 1.64. The van der Waals surface area contributed by atoms with Crippen LogP contribution in [0.25, 0.3) is 0 Å². The number of carbonyl (C=O) groups excluding carboxylic acids is 6. The van der Waals surface area contributed by atoms with Gasteiger partial charge in [-0.25, -0.2) is 0 Å². The minimum Gasteiger partial charge on any atom is -0.463 e. The van der Waals surface area contributed by atoms with Gasteiger partial charge in [0, 0.05) is 0 Å². The fourth-order valence-electron chi connectivity index (χ4n) is 2.96. The third-order valence-electron chi connectivity index (χ3n) is 4.21. The molecule has 2 unspecified atom stereocenters. The fourth-order valence-corrected chi connectivity index (χ4v) is 4.90. The van der Waals surface area contributed by atoms with Crippen LogP contribution in [0.1, 0.15) is 40.5 Å². The number of carbonyl (C=O) groups is 6. The van der Waals surface area contributed by atoms with Gasteiger partial charge in [-0.2, -0.15) is 0 Å². The lowest BCUT2D eigenvalue weighted by molar-refractivity contribution is -0.149. The third kappa shape index (κ3) is 6.94. The highest BCUT2D eigenvalue weighted by atomic mass is 32.2. The minimum atomic E-state index is -0.871. The largest absolute Gasteiger partial charge is 0.463 e. The zero-order valence-electron chi connectivity index (χ0n) is 18.6. The Kier molecular flexibility index (Phi) is 9.10. The van der Waals surface area contributed by atoms with Gasteiger partial charge in [0.1, 0.15) is 10.5 Å². The number of thioether (sulfide) groups is 2. The molecule has 2 heterocycles. The second-order valence-corrected chi connectivity index (χ2v) is 10.2. The summed E-state index contributed by atoms with van der Waals surface area (Å²) in [5.41, 5.74) is 0. The Hall–Kier alpha value is -2.12. The van der Waals surface area contributed by atoms with E-state index in [0.29, 0.717) is 0 Å². The molecule has 2 aliphatic rings. The number of nitrogens with zero attached hydrogens (tertiary/aromatic N) is 3. The zero-order chi connectivity index (χ0) is 24.2. The molecule has 0 radical (unpaired) electrons. The van der Waals surface area contributed by atoms with Crippen molar-refractivity contribution < 1.29 is 38.2 Å². The van der Waals surface area contributed by atoms with E-state index in [0.717, 1.165) is 33.3 Å². The van der Waals surface area contributed by atoms with E-state index < -0.39 is 44.7 Å². The number of imide groups is 2. The molecule has 0 aromatic rings. The minimum absolute atomic E-state index is 0.165. The van der Waals surface area contributed by atoms with E-state index in [9.17, 15) is 28.8 Å². The lowest BCUT2D eigenvalue weighted by Gasteiger charge is -2.26. The van der Waals surface area contributed by atoms with Gasteiger partial charge in [-0.3, -0.25) is 43.5 Å². The number of hydrogen-bond acceptors (Lipinski definition) is 11. The third-order valence-corrected chi connectivity index (χ3v) is 6.36. The van der Waals surface area contributed by atoms with E-state index in [-0.39, 0.29) is 38.4 Å². The molecule has 2 atom stereocenters. The van der Waals surface area contributed by atoms with Crippen LogP contribution in [0, 0.1) is 0 Å². The molecule has 178 valence electrons. The van der Waals surface area contributed by atoms with Crippen LogP contribution in [-0.4, -0.2) is 92.0 Å². The molecule has 2 saturated heterocycles. The highest BCUT2D eigenvalue weighted by Crippen LogP contribution is 2.31. The lowest BCUT2D eigenvalue weighted by Crippen LogP contribution is -2.46. The van der Waals surface area contributed by atoms with Crippen LogP contribution in [-0.2, 0) is 28.7 Å². The summed E-state index contributed by atoms with van der Waals surface area (Å²) in [7, 11) is 1.54. The van der Waals surface area contributed by atoms with Crippen LogP contribution in [0.5, 0.6) is 0 Å². The van der Waals surface area contributed by atoms with E-state index in [1.807, 2.05) is 0 Å². The summed E-state index contributed by atoms with van der Waals surface area (Å²) in [4.78, 5) is 76.6. The normalized spacial score (nSPS) is 21.5. The number of ether oxygens (including phenoxy) is 2. The zero-order valence-corrected chi connectivity index (χ0v) is 20.2. The van der Waals surface area contributed by atoms with E-state index in [4.69, 9.17) is 9.47 Å². The number of hydrogen-bond donors (Lipinski definition) is 0. The Bertz CT molecular complexity index is 739. The van der Waals surface area contributed by atoms with Gasteiger partial charge in [0.15, 0.2) is 0 Å². The first-order valence-electron chi connectivity index (χ1n) is 10.0. The summed E-state index contributed by atoms with van der Waals surface area (Å²) in [6.07, 6.45) is -1.10. The van der Waals surface area contributed by atoms with Gasteiger partial charge in [-0.1, -0.05) is 23.5 Å². The average Bonchev–Trinajstić information content (AvgIpc) is 3.05. The molecule has 0 saturated carbocycles. The summed E-state index contributed by atoms with van der Waals surface area (Å²) >= 11 is 1.48. The Balaban J connectivity index is 1.90. The summed E-state index contributed by atoms with van der Waals surface area (Å²) in [6, 6.07) is 0. The molecule has 2 aliphatic heterocycles. The van der Waals surface area contributed by atoms with Crippen LogP contribution in [0.2, 0.25) is 0 Å². The molecule has 0 aromatic carbocycles. The molecule has 11 nitrogen and oxygen atoms in total. The molecule has 0 aliphatic carbocycles. The maximum atomic E-state index is 12.5. The van der Waals surface area contributed by atoms with Gasteiger partial charge in [0.05, 0.1) is 38.4 Å². The Morgan fingerprint density at radius 2 is 1.16 bits per heavy atom. The highest BCUT2D eigenvalue weighted by Gasteiger charge is 2.44. The first-order valence-corrected chi connectivity index (χ1v) is 11.8. The molecule has 0 spiro atoms. The van der Waals surface area contributed by atoms with Gasteiger partial charge in [-0.05, 0) is 34.7 Å². The maximum absolute atomic E-state index is 12.5. The number of esters is 2.